The van der Waals surface area contributed by atoms with Crippen LogP contribution in [0.25, 0.3) is 0 Å². The summed E-state index contributed by atoms with van der Waals surface area (Å²) < 4.78 is 7.99. The van der Waals surface area contributed by atoms with Crippen LogP contribution in [-0.2, 0) is 0 Å². The average molecular weight is 505 g/mol. The Morgan fingerprint density at radius 1 is 1.22 bits per heavy atom. The number of carbonyl (C=O) groups excluding carboxylic acids is 1. The summed E-state index contributed by atoms with van der Waals surface area (Å²) in [6.45, 7) is 2.50. The van der Waals surface area contributed by atoms with Gasteiger partial charge in [-0.15, -0.1) is 0 Å². The van der Waals surface area contributed by atoms with Crippen LogP contribution in [0.4, 0.5) is 0 Å². The van der Waals surface area contributed by atoms with E-state index in [-0.39, 0.29) is 5.91 Å². The quantitative estimate of drug-likeness (QED) is 0.453. The van der Waals surface area contributed by atoms with Gasteiger partial charge in [-0.1, -0.05) is 22.0 Å². The molecule has 0 unspecified atom stereocenters. The number of carbonyl (C=O) groups is 1. The highest BCUT2D eigenvalue weighted by Gasteiger charge is 2.08. The molecule has 0 radical (unpaired) electrons. The van der Waals surface area contributed by atoms with Crippen LogP contribution in [0.2, 0.25) is 0 Å². The van der Waals surface area contributed by atoms with E-state index in [9.17, 15) is 4.79 Å². The molecular formula is C16H13Br3N2O2. The first-order valence-corrected chi connectivity index (χ1v) is 9.10. The van der Waals surface area contributed by atoms with Crippen molar-refractivity contribution >= 4 is 59.9 Å². The van der Waals surface area contributed by atoms with Gasteiger partial charge in [0, 0.05) is 10.0 Å². The Bertz CT molecular complexity index is 725. The van der Waals surface area contributed by atoms with Crippen molar-refractivity contribution < 1.29 is 9.53 Å². The Balaban J connectivity index is 2.07. The summed E-state index contributed by atoms with van der Waals surface area (Å²) in [4.78, 5) is 12.0. The molecule has 0 aliphatic carbocycles. The van der Waals surface area contributed by atoms with Crippen LogP contribution in [-0.4, -0.2) is 18.7 Å². The monoisotopic (exact) mass is 502 g/mol. The van der Waals surface area contributed by atoms with Gasteiger partial charge in [-0.3, -0.25) is 4.79 Å². The molecule has 0 bridgehead atoms. The maximum atomic E-state index is 12.0. The van der Waals surface area contributed by atoms with E-state index in [0.29, 0.717) is 12.2 Å². The topological polar surface area (TPSA) is 50.7 Å². The van der Waals surface area contributed by atoms with Crippen LogP contribution < -0.4 is 10.2 Å². The summed E-state index contributed by atoms with van der Waals surface area (Å²) in [6.07, 6.45) is 1.57. The number of hydrazone groups is 1. The molecule has 2 aromatic carbocycles. The second-order valence-corrected chi connectivity index (χ2v) is 7.08. The van der Waals surface area contributed by atoms with E-state index >= 15 is 0 Å². The first-order chi connectivity index (χ1) is 11.0. The summed E-state index contributed by atoms with van der Waals surface area (Å²) in [7, 11) is 0. The Hall–Kier alpha value is -1.18. The smallest absolute Gasteiger partial charge is 0.271 e. The molecule has 23 heavy (non-hydrogen) atoms. The normalized spacial score (nSPS) is 10.8. The maximum absolute atomic E-state index is 12.0. The Kier molecular flexibility index (Phi) is 6.80. The highest BCUT2D eigenvalue weighted by atomic mass is 79.9. The predicted molar refractivity (Wildman–Crippen MR) is 102 cm³/mol. The third kappa shape index (κ3) is 5.16. The molecule has 0 fully saturated rings. The summed E-state index contributed by atoms with van der Waals surface area (Å²) in [6, 6.07) is 10.8. The zero-order chi connectivity index (χ0) is 16.8. The lowest BCUT2D eigenvalue weighted by atomic mass is 10.2. The number of hydrogen-bond donors (Lipinski definition) is 1. The van der Waals surface area contributed by atoms with Gasteiger partial charge in [0.2, 0.25) is 0 Å². The zero-order valence-corrected chi connectivity index (χ0v) is 16.9. The highest BCUT2D eigenvalue weighted by molar-refractivity contribution is 9.11. The molecule has 0 heterocycles. The number of halogens is 3. The molecule has 0 saturated carbocycles. The molecule has 0 aromatic heterocycles. The van der Waals surface area contributed by atoms with Crippen LogP contribution in [0.3, 0.4) is 0 Å². The number of benzene rings is 2. The standard InChI is InChI=1S/C16H13Br3N2O2/c1-2-23-15-13(18)6-10(7-14(15)19)9-20-21-16(22)11-4-3-5-12(17)8-11/h3-9H,2H2,1H3,(H,21,22)/b20-9-. The molecule has 4 nitrogen and oxygen atoms in total. The molecule has 0 saturated heterocycles. The minimum absolute atomic E-state index is 0.272. The van der Waals surface area contributed by atoms with E-state index in [1.165, 1.54) is 0 Å². The van der Waals surface area contributed by atoms with Gasteiger partial charge < -0.3 is 4.74 Å². The molecule has 2 aromatic rings. The van der Waals surface area contributed by atoms with Crippen LogP contribution in [0.15, 0.2) is 54.9 Å². The van der Waals surface area contributed by atoms with Gasteiger partial charge in [0.25, 0.3) is 5.91 Å². The van der Waals surface area contributed by atoms with Crippen LogP contribution >= 0.6 is 47.8 Å². The number of rotatable bonds is 5. The van der Waals surface area contributed by atoms with Gasteiger partial charge in [-0.2, -0.15) is 5.10 Å². The molecule has 2 rings (SSSR count). The van der Waals surface area contributed by atoms with Crippen molar-refractivity contribution in [2.45, 2.75) is 6.92 Å². The third-order valence-electron chi connectivity index (χ3n) is 2.78. The van der Waals surface area contributed by atoms with Gasteiger partial charge in [0.15, 0.2) is 0 Å². The van der Waals surface area contributed by atoms with Gasteiger partial charge in [-0.05, 0) is 74.7 Å². The van der Waals surface area contributed by atoms with E-state index in [4.69, 9.17) is 4.74 Å². The first kappa shape index (κ1) is 18.2. The van der Waals surface area contributed by atoms with E-state index < -0.39 is 0 Å². The number of amides is 1. The molecule has 0 atom stereocenters. The number of ether oxygens (including phenoxy) is 1. The lowest BCUT2D eigenvalue weighted by Crippen LogP contribution is -2.17. The van der Waals surface area contributed by atoms with Crippen molar-refractivity contribution in [2.75, 3.05) is 6.61 Å². The molecule has 120 valence electrons. The number of nitrogens with one attached hydrogen (secondary N) is 1. The second kappa shape index (κ2) is 8.61. The van der Waals surface area contributed by atoms with Crippen molar-refractivity contribution in [1.29, 1.82) is 0 Å². The molecule has 0 spiro atoms. The van der Waals surface area contributed by atoms with Crippen molar-refractivity contribution in [1.82, 2.24) is 5.43 Å². The summed E-state index contributed by atoms with van der Waals surface area (Å²) in [5, 5.41) is 3.98. The van der Waals surface area contributed by atoms with Gasteiger partial charge >= 0.3 is 0 Å². The fourth-order valence-electron chi connectivity index (χ4n) is 1.80. The number of hydrogen-bond acceptors (Lipinski definition) is 3. The van der Waals surface area contributed by atoms with Crippen LogP contribution in [0.1, 0.15) is 22.8 Å². The summed E-state index contributed by atoms with van der Waals surface area (Å²) in [5.41, 5.74) is 3.86. The van der Waals surface area contributed by atoms with Crippen molar-refractivity contribution in [3.8, 4) is 5.75 Å². The molecule has 7 heteroatoms. The Morgan fingerprint density at radius 2 is 1.91 bits per heavy atom. The van der Waals surface area contributed by atoms with Gasteiger partial charge in [-0.25, -0.2) is 5.43 Å². The lowest BCUT2D eigenvalue weighted by Gasteiger charge is -2.09. The maximum Gasteiger partial charge on any atom is 0.271 e. The van der Waals surface area contributed by atoms with E-state index in [0.717, 1.165) is 24.7 Å². The number of nitrogens with zero attached hydrogens (tertiary/aromatic N) is 1. The minimum Gasteiger partial charge on any atom is -0.492 e. The molecule has 1 N–H and O–H groups in total. The highest BCUT2D eigenvalue weighted by Crippen LogP contribution is 2.34. The average Bonchev–Trinajstić information content (AvgIpc) is 2.51. The van der Waals surface area contributed by atoms with Gasteiger partial charge in [0.05, 0.1) is 21.8 Å². The molecule has 1 amide bonds. The zero-order valence-electron chi connectivity index (χ0n) is 12.1. The first-order valence-electron chi connectivity index (χ1n) is 6.72. The Labute approximate surface area is 159 Å². The fourth-order valence-corrected chi connectivity index (χ4v) is 3.65. The largest absolute Gasteiger partial charge is 0.492 e. The van der Waals surface area contributed by atoms with Crippen LogP contribution in [0.5, 0.6) is 5.75 Å². The Morgan fingerprint density at radius 3 is 2.52 bits per heavy atom. The summed E-state index contributed by atoms with van der Waals surface area (Å²) >= 11 is 10.2. The van der Waals surface area contributed by atoms with Crippen molar-refractivity contribution in [3.05, 3.63) is 60.9 Å². The van der Waals surface area contributed by atoms with Crippen LogP contribution in [0, 0.1) is 0 Å². The van der Waals surface area contributed by atoms with Gasteiger partial charge in [0.1, 0.15) is 5.75 Å². The lowest BCUT2D eigenvalue weighted by molar-refractivity contribution is 0.0955. The third-order valence-corrected chi connectivity index (χ3v) is 4.45. The predicted octanol–water partition coefficient (Wildman–Crippen LogP) is 5.14. The molecular weight excluding hydrogens is 492 g/mol. The molecule has 0 aliphatic rings. The minimum atomic E-state index is -0.272. The molecule has 0 aliphatic heterocycles. The van der Waals surface area contributed by atoms with E-state index in [2.05, 4.69) is 58.3 Å². The van der Waals surface area contributed by atoms with Crippen molar-refractivity contribution in [2.24, 2.45) is 5.10 Å². The second-order valence-electron chi connectivity index (χ2n) is 4.46. The fraction of sp³-hybridized carbons (Fsp3) is 0.125. The van der Waals surface area contributed by atoms with E-state index in [1.54, 1.807) is 24.4 Å². The summed E-state index contributed by atoms with van der Waals surface area (Å²) in [5.74, 6) is 0.467. The van der Waals surface area contributed by atoms with Crippen molar-refractivity contribution in [3.63, 3.8) is 0 Å². The SMILES string of the molecule is CCOc1c(Br)cc(/C=N\NC(=O)c2cccc(Br)c2)cc1Br. The van der Waals surface area contributed by atoms with E-state index in [1.807, 2.05) is 25.1 Å².